The van der Waals surface area contributed by atoms with Gasteiger partial charge in [0.2, 0.25) is 5.91 Å². The molecule has 1 aromatic heterocycles. The summed E-state index contributed by atoms with van der Waals surface area (Å²) >= 11 is 1.22. The Morgan fingerprint density at radius 3 is 2.88 bits per heavy atom. The number of aromatic nitrogens is 1. The molecule has 1 aliphatic heterocycles. The number of hydrogen-bond acceptors (Lipinski definition) is 4. The minimum absolute atomic E-state index is 0.172. The number of alkyl halides is 2. The Hall–Kier alpha value is -2.48. The number of rotatable bonds is 3. The third-order valence-corrected chi connectivity index (χ3v) is 5.88. The molecule has 3 aliphatic rings. The molecule has 0 saturated heterocycles. The van der Waals surface area contributed by atoms with Gasteiger partial charge in [-0.05, 0) is 30.2 Å². The minimum Gasteiger partial charge on any atom is -0.302 e. The summed E-state index contributed by atoms with van der Waals surface area (Å²) in [4.78, 5) is 20.2. The average Bonchev–Trinajstić information content (AvgIpc) is 3.38. The molecule has 1 fully saturated rings. The zero-order valence-corrected chi connectivity index (χ0v) is 14.3. The second-order valence-electron chi connectivity index (χ2n) is 6.73. The first-order chi connectivity index (χ1) is 12.3. The van der Waals surface area contributed by atoms with Gasteiger partial charge in [0.25, 0.3) is 5.92 Å². The quantitative estimate of drug-likeness (QED) is 0.855. The number of allylic oxidation sites excluding steroid dienone is 3. The number of nitrogens with one attached hydrogen (secondary N) is 1. The Labute approximate surface area is 150 Å². The van der Waals surface area contributed by atoms with Crippen molar-refractivity contribution in [3.05, 3.63) is 40.9 Å². The average molecular weight is 375 g/mol. The molecule has 2 aromatic rings. The highest BCUT2D eigenvalue weighted by Gasteiger charge is 2.61. The largest absolute Gasteiger partial charge is 0.302 e. The van der Waals surface area contributed by atoms with E-state index in [1.807, 2.05) is 19.1 Å². The molecule has 8 heteroatoms. The lowest BCUT2D eigenvalue weighted by molar-refractivity contribution is -0.119. The van der Waals surface area contributed by atoms with E-state index >= 15 is 0 Å². The van der Waals surface area contributed by atoms with Crippen LogP contribution in [-0.4, -0.2) is 23.0 Å². The minimum atomic E-state index is -2.90. The van der Waals surface area contributed by atoms with Crippen molar-refractivity contribution in [2.45, 2.75) is 19.3 Å². The first-order valence-electron chi connectivity index (χ1n) is 8.09. The summed E-state index contributed by atoms with van der Waals surface area (Å²) in [5.74, 6) is -5.32. The van der Waals surface area contributed by atoms with Crippen LogP contribution in [-0.2, 0) is 4.79 Å². The van der Waals surface area contributed by atoms with Crippen molar-refractivity contribution in [2.75, 3.05) is 5.32 Å². The predicted octanol–water partition coefficient (Wildman–Crippen LogP) is 4.56. The summed E-state index contributed by atoms with van der Waals surface area (Å²) in [6.45, 7) is 1.89. The van der Waals surface area contributed by atoms with Crippen LogP contribution < -0.4 is 5.32 Å². The summed E-state index contributed by atoms with van der Waals surface area (Å²) in [6.07, 6.45) is 1.25. The number of nitrogens with zero attached hydrogens (tertiary/aromatic N) is 2. The van der Waals surface area contributed by atoms with Crippen LogP contribution in [0.4, 0.5) is 18.3 Å². The molecule has 5 rings (SSSR count). The molecule has 132 valence electrons. The molecular formula is C18H12F3N3OS. The van der Waals surface area contributed by atoms with Crippen LogP contribution in [0.1, 0.15) is 18.9 Å². The number of benzene rings is 1. The molecule has 1 N–H and O–H groups in total. The number of aliphatic imine (C=N–C) groups is 1. The number of thiazole rings is 1. The monoisotopic (exact) mass is 375 g/mol. The van der Waals surface area contributed by atoms with Gasteiger partial charge in [-0.1, -0.05) is 17.4 Å². The van der Waals surface area contributed by atoms with E-state index in [9.17, 15) is 18.0 Å². The highest BCUT2D eigenvalue weighted by Crippen LogP contribution is 2.51. The molecule has 0 radical (unpaired) electrons. The van der Waals surface area contributed by atoms with Crippen LogP contribution in [0.15, 0.2) is 40.3 Å². The van der Waals surface area contributed by atoms with Crippen LogP contribution in [0, 0.1) is 11.8 Å². The normalized spacial score (nSPS) is 25.5. The summed E-state index contributed by atoms with van der Waals surface area (Å²) in [7, 11) is 0. The van der Waals surface area contributed by atoms with Crippen LogP contribution in [0.25, 0.3) is 15.8 Å². The molecule has 1 unspecified atom stereocenters. The Morgan fingerprint density at radius 2 is 2.15 bits per heavy atom. The van der Waals surface area contributed by atoms with Crippen molar-refractivity contribution in [3.8, 4) is 0 Å². The summed E-state index contributed by atoms with van der Waals surface area (Å²) in [5, 5.41) is 2.77. The third-order valence-electron chi connectivity index (χ3n) is 4.95. The fourth-order valence-corrected chi connectivity index (χ4v) is 4.15. The topological polar surface area (TPSA) is 54.4 Å². The van der Waals surface area contributed by atoms with Crippen molar-refractivity contribution in [1.82, 2.24) is 4.98 Å². The molecule has 2 atom stereocenters. The van der Waals surface area contributed by atoms with Crippen molar-refractivity contribution in [2.24, 2.45) is 16.8 Å². The van der Waals surface area contributed by atoms with E-state index in [1.165, 1.54) is 11.3 Å². The molecule has 1 amide bonds. The predicted molar refractivity (Wildman–Crippen MR) is 94.0 cm³/mol. The smallest absolute Gasteiger partial charge is 0.260 e. The maximum atomic E-state index is 13.6. The van der Waals surface area contributed by atoms with E-state index in [0.717, 1.165) is 21.4 Å². The Morgan fingerprint density at radius 1 is 1.38 bits per heavy atom. The van der Waals surface area contributed by atoms with Gasteiger partial charge in [-0.15, -0.1) is 0 Å². The number of carbonyl (C=O) groups excluding carboxylic acids is 1. The third kappa shape index (κ3) is 2.32. The van der Waals surface area contributed by atoms with E-state index in [1.54, 1.807) is 12.3 Å². The number of carbonyl (C=O) groups is 1. The standard InChI is InChI=1S/C18H12F3N3OS/c1-7-9(6-22-15-13(7)14(15)19)8-2-3-11-12(4-8)26-17(23-11)24-16(25)10-5-18(10,20)21/h2-4,6,10,13H,5H2,1H3,(H,23,24,25)/t10?,13-/m1/s1. The molecule has 26 heavy (non-hydrogen) atoms. The van der Waals surface area contributed by atoms with Gasteiger partial charge in [-0.2, -0.15) is 0 Å². The van der Waals surface area contributed by atoms with Gasteiger partial charge < -0.3 is 5.32 Å². The number of dihydropyridines is 1. The van der Waals surface area contributed by atoms with Gasteiger partial charge in [0, 0.05) is 18.2 Å². The molecule has 2 heterocycles. The second-order valence-corrected chi connectivity index (χ2v) is 7.76. The van der Waals surface area contributed by atoms with Crippen molar-refractivity contribution >= 4 is 44.4 Å². The molecule has 0 bridgehead atoms. The lowest BCUT2D eigenvalue weighted by Crippen LogP contribution is -2.17. The molecular weight excluding hydrogens is 363 g/mol. The number of halogens is 3. The number of fused-ring (bicyclic) bond motifs is 2. The lowest BCUT2D eigenvalue weighted by Gasteiger charge is -2.11. The van der Waals surface area contributed by atoms with E-state index in [0.29, 0.717) is 16.3 Å². The highest BCUT2D eigenvalue weighted by atomic mass is 32.1. The maximum absolute atomic E-state index is 13.6. The molecule has 0 spiro atoms. The molecule has 4 nitrogen and oxygen atoms in total. The number of anilines is 1. The van der Waals surface area contributed by atoms with E-state index < -0.39 is 24.2 Å². The number of amides is 1. The van der Waals surface area contributed by atoms with Gasteiger partial charge >= 0.3 is 0 Å². The highest BCUT2D eigenvalue weighted by molar-refractivity contribution is 7.22. The zero-order valence-electron chi connectivity index (χ0n) is 13.5. The van der Waals surface area contributed by atoms with Crippen molar-refractivity contribution in [1.29, 1.82) is 0 Å². The van der Waals surface area contributed by atoms with E-state index in [-0.39, 0.29) is 11.7 Å². The lowest BCUT2D eigenvalue weighted by atomic mass is 9.96. The van der Waals surface area contributed by atoms with Crippen molar-refractivity contribution < 1.29 is 18.0 Å². The second kappa shape index (κ2) is 5.03. The fraction of sp³-hybridized carbons (Fsp3) is 0.278. The van der Waals surface area contributed by atoms with Gasteiger partial charge in [-0.3, -0.25) is 9.79 Å². The Kier molecular flexibility index (Phi) is 3.05. The van der Waals surface area contributed by atoms with Crippen LogP contribution in [0.3, 0.4) is 0 Å². The van der Waals surface area contributed by atoms with Gasteiger partial charge in [-0.25, -0.2) is 18.2 Å². The van der Waals surface area contributed by atoms with E-state index in [4.69, 9.17) is 0 Å². The SMILES string of the molecule is CC1=C(c2ccc3nc(NC(=O)C4CC4(F)F)sc3c2)C=NC2=C(F)[C@@H]12. The summed E-state index contributed by atoms with van der Waals surface area (Å²) < 4.78 is 40.3. The molecule has 1 saturated carbocycles. The van der Waals surface area contributed by atoms with Crippen LogP contribution in [0.5, 0.6) is 0 Å². The maximum Gasteiger partial charge on any atom is 0.260 e. The van der Waals surface area contributed by atoms with Crippen LogP contribution >= 0.6 is 11.3 Å². The zero-order chi connectivity index (χ0) is 18.2. The van der Waals surface area contributed by atoms with Gasteiger partial charge in [0.15, 0.2) is 5.13 Å². The summed E-state index contributed by atoms with van der Waals surface area (Å²) in [6, 6.07) is 5.55. The molecule has 2 aliphatic carbocycles. The Balaban J connectivity index is 1.42. The van der Waals surface area contributed by atoms with Crippen LogP contribution in [0.2, 0.25) is 0 Å². The fourth-order valence-electron chi connectivity index (χ4n) is 3.25. The first-order valence-corrected chi connectivity index (χ1v) is 8.91. The van der Waals surface area contributed by atoms with E-state index in [2.05, 4.69) is 15.3 Å². The first kappa shape index (κ1) is 15.7. The van der Waals surface area contributed by atoms with Gasteiger partial charge in [0.05, 0.1) is 21.8 Å². The molecule has 1 aromatic carbocycles. The Bertz CT molecular complexity index is 1080. The van der Waals surface area contributed by atoms with Gasteiger partial charge in [0.1, 0.15) is 11.7 Å². The number of hydrogen-bond donors (Lipinski definition) is 1. The summed E-state index contributed by atoms with van der Waals surface area (Å²) in [5.41, 5.74) is 3.84. The van der Waals surface area contributed by atoms with Crippen molar-refractivity contribution in [3.63, 3.8) is 0 Å².